The van der Waals surface area contributed by atoms with Crippen molar-refractivity contribution < 1.29 is 18.4 Å². The number of hydrogen-bond acceptors (Lipinski definition) is 2. The van der Waals surface area contributed by atoms with Crippen molar-refractivity contribution in [1.29, 1.82) is 0 Å². The topological polar surface area (TPSA) is 72.2 Å². The van der Waals surface area contributed by atoms with Crippen LogP contribution < -0.4 is 11.1 Å². The van der Waals surface area contributed by atoms with E-state index in [4.69, 9.17) is 17.3 Å². The minimum atomic E-state index is -1.20. The summed E-state index contributed by atoms with van der Waals surface area (Å²) in [5.74, 6) is -3.92. The number of nitrogens with two attached hydrogens (primary N) is 1. The zero-order chi connectivity index (χ0) is 13.2. The molecule has 0 saturated heterocycles. The molecule has 0 fully saturated rings. The summed E-state index contributed by atoms with van der Waals surface area (Å²) < 4.78 is 25.7. The van der Waals surface area contributed by atoms with Crippen LogP contribution in [-0.4, -0.2) is 17.9 Å². The molecule has 3 N–H and O–H groups in total. The second kappa shape index (κ2) is 5.09. The summed E-state index contributed by atoms with van der Waals surface area (Å²) in [5, 5.41) is 1.94. The first-order valence-corrected chi connectivity index (χ1v) is 4.95. The third kappa shape index (κ3) is 3.13. The summed E-state index contributed by atoms with van der Waals surface area (Å²) in [7, 11) is 0. The van der Waals surface area contributed by atoms with E-state index in [1.165, 1.54) is 6.92 Å². The number of nitrogens with one attached hydrogen (secondary N) is 1. The SMILES string of the molecule is C[C@H](NC(=O)c1cc(F)c(F)cc1Cl)C(N)=O. The lowest BCUT2D eigenvalue weighted by atomic mass is 10.2. The molecular formula is C10H9ClF2N2O2. The molecule has 4 nitrogen and oxygen atoms in total. The summed E-state index contributed by atoms with van der Waals surface area (Å²) >= 11 is 5.58. The zero-order valence-corrected chi connectivity index (χ0v) is 9.52. The lowest BCUT2D eigenvalue weighted by Crippen LogP contribution is -2.42. The summed E-state index contributed by atoms with van der Waals surface area (Å²) in [4.78, 5) is 22.3. The fourth-order valence-corrected chi connectivity index (χ4v) is 1.28. The monoisotopic (exact) mass is 262 g/mol. The number of primary amides is 1. The molecule has 0 radical (unpaired) electrons. The van der Waals surface area contributed by atoms with Crippen molar-refractivity contribution in [2.75, 3.05) is 0 Å². The van der Waals surface area contributed by atoms with E-state index in [1.807, 2.05) is 0 Å². The second-order valence-electron chi connectivity index (χ2n) is 3.34. The minimum absolute atomic E-state index is 0.252. The van der Waals surface area contributed by atoms with E-state index < -0.39 is 29.5 Å². The van der Waals surface area contributed by atoms with Gasteiger partial charge in [-0.15, -0.1) is 0 Å². The van der Waals surface area contributed by atoms with Gasteiger partial charge in [-0.3, -0.25) is 9.59 Å². The molecule has 0 heterocycles. The molecule has 0 aliphatic carbocycles. The van der Waals surface area contributed by atoms with Gasteiger partial charge >= 0.3 is 0 Å². The molecule has 0 unspecified atom stereocenters. The average molecular weight is 263 g/mol. The third-order valence-corrected chi connectivity index (χ3v) is 2.34. The van der Waals surface area contributed by atoms with Gasteiger partial charge in [0.15, 0.2) is 11.6 Å². The van der Waals surface area contributed by atoms with Crippen LogP contribution in [0.4, 0.5) is 8.78 Å². The molecule has 92 valence electrons. The molecule has 0 aliphatic rings. The smallest absolute Gasteiger partial charge is 0.253 e. The van der Waals surface area contributed by atoms with Crippen molar-refractivity contribution in [3.05, 3.63) is 34.4 Å². The summed E-state index contributed by atoms with van der Waals surface area (Å²) in [6, 6.07) is 0.397. The van der Waals surface area contributed by atoms with Crippen molar-refractivity contribution in [3.63, 3.8) is 0 Å². The Morgan fingerprint density at radius 2 is 1.88 bits per heavy atom. The van der Waals surface area contributed by atoms with Crippen molar-refractivity contribution in [1.82, 2.24) is 5.32 Å². The van der Waals surface area contributed by atoms with Crippen LogP contribution in [-0.2, 0) is 4.79 Å². The van der Waals surface area contributed by atoms with Gasteiger partial charge in [-0.05, 0) is 19.1 Å². The Morgan fingerprint density at radius 1 is 1.35 bits per heavy atom. The molecule has 1 aromatic rings. The van der Waals surface area contributed by atoms with E-state index in [2.05, 4.69) is 5.32 Å². The van der Waals surface area contributed by atoms with Crippen molar-refractivity contribution in [3.8, 4) is 0 Å². The first kappa shape index (κ1) is 13.4. The van der Waals surface area contributed by atoms with Crippen LogP contribution in [0.15, 0.2) is 12.1 Å². The number of amides is 2. The molecule has 0 aliphatic heterocycles. The first-order chi connectivity index (χ1) is 7.82. The highest BCUT2D eigenvalue weighted by atomic mass is 35.5. The number of halogens is 3. The van der Waals surface area contributed by atoms with Crippen LogP contribution >= 0.6 is 11.6 Å². The lowest BCUT2D eigenvalue weighted by molar-refractivity contribution is -0.119. The predicted octanol–water partition coefficient (Wildman–Crippen LogP) is 1.22. The largest absolute Gasteiger partial charge is 0.368 e. The van der Waals surface area contributed by atoms with E-state index in [0.29, 0.717) is 12.1 Å². The highest BCUT2D eigenvalue weighted by Crippen LogP contribution is 2.19. The normalized spacial score (nSPS) is 12.0. The molecule has 0 saturated carbocycles. The Balaban J connectivity index is 2.97. The van der Waals surface area contributed by atoms with Crippen molar-refractivity contribution in [2.24, 2.45) is 5.73 Å². The van der Waals surface area contributed by atoms with Crippen molar-refractivity contribution in [2.45, 2.75) is 13.0 Å². The van der Waals surface area contributed by atoms with Crippen LogP contribution in [0.3, 0.4) is 0 Å². The number of hydrogen-bond donors (Lipinski definition) is 2. The van der Waals surface area contributed by atoms with Crippen LogP contribution in [0.5, 0.6) is 0 Å². The van der Waals surface area contributed by atoms with Gasteiger partial charge in [0.2, 0.25) is 5.91 Å². The molecule has 0 spiro atoms. The standard InChI is InChI=1S/C10H9ClF2N2O2/c1-4(9(14)16)15-10(17)5-2-7(12)8(13)3-6(5)11/h2-4H,1H3,(H2,14,16)(H,15,17)/t4-/m0/s1. The van der Waals surface area contributed by atoms with Crippen LogP contribution in [0, 0.1) is 11.6 Å². The Kier molecular flexibility index (Phi) is 4.01. The van der Waals surface area contributed by atoms with Crippen LogP contribution in [0.2, 0.25) is 5.02 Å². The van der Waals surface area contributed by atoms with E-state index in [1.54, 1.807) is 0 Å². The minimum Gasteiger partial charge on any atom is -0.368 e. The molecule has 7 heteroatoms. The van der Waals surface area contributed by atoms with Gasteiger partial charge in [0.1, 0.15) is 6.04 Å². The van der Waals surface area contributed by atoms with Gasteiger partial charge in [0, 0.05) is 0 Å². The molecule has 17 heavy (non-hydrogen) atoms. The maximum atomic E-state index is 12.9. The van der Waals surface area contributed by atoms with Crippen LogP contribution in [0.1, 0.15) is 17.3 Å². The zero-order valence-electron chi connectivity index (χ0n) is 8.76. The molecule has 1 rings (SSSR count). The fraction of sp³-hybridized carbons (Fsp3) is 0.200. The van der Waals surface area contributed by atoms with Gasteiger partial charge < -0.3 is 11.1 Å². The van der Waals surface area contributed by atoms with Crippen molar-refractivity contribution >= 4 is 23.4 Å². The maximum absolute atomic E-state index is 12.9. The first-order valence-electron chi connectivity index (χ1n) is 4.57. The molecule has 1 atom stereocenters. The molecule has 1 aromatic carbocycles. The van der Waals surface area contributed by atoms with Gasteiger partial charge in [0.25, 0.3) is 5.91 Å². The fourth-order valence-electron chi connectivity index (χ4n) is 1.04. The Hall–Kier alpha value is -1.69. The summed E-state index contributed by atoms with van der Waals surface area (Å²) in [6.07, 6.45) is 0. The molecule has 0 aromatic heterocycles. The molecule has 2 amide bonds. The lowest BCUT2D eigenvalue weighted by Gasteiger charge is -2.11. The highest BCUT2D eigenvalue weighted by molar-refractivity contribution is 6.33. The molecule has 0 bridgehead atoms. The third-order valence-electron chi connectivity index (χ3n) is 2.03. The predicted molar refractivity (Wildman–Crippen MR) is 57.5 cm³/mol. The number of carbonyl (C=O) groups is 2. The van der Waals surface area contributed by atoms with Gasteiger partial charge in [-0.2, -0.15) is 0 Å². The van der Waals surface area contributed by atoms with E-state index in [-0.39, 0.29) is 10.6 Å². The number of benzene rings is 1. The van der Waals surface area contributed by atoms with Gasteiger partial charge in [0.05, 0.1) is 10.6 Å². The maximum Gasteiger partial charge on any atom is 0.253 e. The van der Waals surface area contributed by atoms with Gasteiger partial charge in [-0.1, -0.05) is 11.6 Å². The van der Waals surface area contributed by atoms with E-state index >= 15 is 0 Å². The quantitative estimate of drug-likeness (QED) is 0.804. The van der Waals surface area contributed by atoms with E-state index in [9.17, 15) is 18.4 Å². The highest BCUT2D eigenvalue weighted by Gasteiger charge is 2.18. The Bertz CT molecular complexity index is 480. The summed E-state index contributed by atoms with van der Waals surface area (Å²) in [6.45, 7) is 1.36. The summed E-state index contributed by atoms with van der Waals surface area (Å²) in [5.41, 5.74) is 4.67. The second-order valence-corrected chi connectivity index (χ2v) is 3.75. The number of carbonyl (C=O) groups excluding carboxylic acids is 2. The average Bonchev–Trinajstić information content (AvgIpc) is 2.22. The molecular weight excluding hydrogens is 254 g/mol. The Labute approximate surface area is 101 Å². The van der Waals surface area contributed by atoms with Crippen LogP contribution in [0.25, 0.3) is 0 Å². The number of rotatable bonds is 3. The Morgan fingerprint density at radius 3 is 2.41 bits per heavy atom. The van der Waals surface area contributed by atoms with E-state index in [0.717, 1.165) is 0 Å². The van der Waals surface area contributed by atoms with Gasteiger partial charge in [-0.25, -0.2) is 8.78 Å².